The highest BCUT2D eigenvalue weighted by Gasteiger charge is 2.13. The summed E-state index contributed by atoms with van der Waals surface area (Å²) in [6, 6.07) is 4.72. The van der Waals surface area contributed by atoms with Crippen LogP contribution in [0.3, 0.4) is 0 Å². The molecule has 2 heterocycles. The van der Waals surface area contributed by atoms with E-state index < -0.39 is 0 Å². The maximum Gasteiger partial charge on any atom is 0.128 e. The van der Waals surface area contributed by atoms with Crippen molar-refractivity contribution >= 4 is 5.82 Å². The molecule has 4 nitrogen and oxygen atoms in total. The average Bonchev–Trinajstić information content (AvgIpc) is 3.03. The van der Waals surface area contributed by atoms with Gasteiger partial charge in [0.15, 0.2) is 0 Å². The number of hydrogen-bond acceptors (Lipinski definition) is 4. The Labute approximate surface area is 129 Å². The second-order valence-corrected chi connectivity index (χ2v) is 6.09. The molecule has 1 saturated heterocycles. The maximum absolute atomic E-state index is 4.53. The zero-order chi connectivity index (χ0) is 15.1. The molecule has 4 heteroatoms. The maximum atomic E-state index is 4.53. The predicted molar refractivity (Wildman–Crippen MR) is 89.9 cm³/mol. The molecule has 1 unspecified atom stereocenters. The van der Waals surface area contributed by atoms with Gasteiger partial charge in [0.05, 0.1) is 0 Å². The first-order chi connectivity index (χ1) is 10.2. The summed E-state index contributed by atoms with van der Waals surface area (Å²) in [4.78, 5) is 9.35. The van der Waals surface area contributed by atoms with Crippen LogP contribution in [0.2, 0.25) is 0 Å². The summed E-state index contributed by atoms with van der Waals surface area (Å²) in [6.45, 7) is 10.2. The SMILES string of the molecule is CCCNC(C)c1ccnc(N(C)CCN2CCCC2)c1. The molecule has 0 amide bonds. The minimum atomic E-state index is 0.388. The molecule has 1 N–H and O–H groups in total. The van der Waals surface area contributed by atoms with Crippen LogP contribution in [0.5, 0.6) is 0 Å². The second kappa shape index (κ2) is 8.35. The van der Waals surface area contributed by atoms with Crippen LogP contribution in [0.25, 0.3) is 0 Å². The van der Waals surface area contributed by atoms with E-state index in [1.165, 1.54) is 31.5 Å². The van der Waals surface area contributed by atoms with E-state index in [0.29, 0.717) is 6.04 Å². The molecule has 0 aromatic carbocycles. The highest BCUT2D eigenvalue weighted by molar-refractivity contribution is 5.41. The van der Waals surface area contributed by atoms with Crippen LogP contribution in [0.15, 0.2) is 18.3 Å². The molecular weight excluding hydrogens is 260 g/mol. The Balaban J connectivity index is 1.89. The van der Waals surface area contributed by atoms with Crippen molar-refractivity contribution in [2.45, 2.75) is 39.2 Å². The number of likely N-dealkylation sites (N-methyl/N-ethyl adjacent to an activating group) is 1. The lowest BCUT2D eigenvalue weighted by Gasteiger charge is -2.23. The van der Waals surface area contributed by atoms with E-state index in [9.17, 15) is 0 Å². The van der Waals surface area contributed by atoms with Crippen molar-refractivity contribution in [3.63, 3.8) is 0 Å². The van der Waals surface area contributed by atoms with Crippen LogP contribution < -0.4 is 10.2 Å². The Morgan fingerprint density at radius 1 is 1.38 bits per heavy atom. The van der Waals surface area contributed by atoms with Crippen LogP contribution in [0.1, 0.15) is 44.7 Å². The molecule has 0 aliphatic carbocycles. The summed E-state index contributed by atoms with van der Waals surface area (Å²) < 4.78 is 0. The van der Waals surface area contributed by atoms with E-state index in [1.54, 1.807) is 0 Å². The first-order valence-corrected chi connectivity index (χ1v) is 8.33. The van der Waals surface area contributed by atoms with E-state index in [1.807, 2.05) is 6.20 Å². The van der Waals surface area contributed by atoms with Crippen molar-refractivity contribution in [1.82, 2.24) is 15.2 Å². The van der Waals surface area contributed by atoms with Crippen molar-refractivity contribution < 1.29 is 0 Å². The molecule has 0 spiro atoms. The number of pyridine rings is 1. The van der Waals surface area contributed by atoms with Gasteiger partial charge < -0.3 is 15.1 Å². The van der Waals surface area contributed by atoms with Crippen molar-refractivity contribution in [2.24, 2.45) is 0 Å². The number of anilines is 1. The first-order valence-electron chi connectivity index (χ1n) is 8.33. The zero-order valence-electron chi connectivity index (χ0n) is 13.8. The predicted octanol–water partition coefficient (Wildman–Crippen LogP) is 2.67. The summed E-state index contributed by atoms with van der Waals surface area (Å²) in [7, 11) is 2.15. The molecule has 0 bridgehead atoms. The largest absolute Gasteiger partial charge is 0.358 e. The summed E-state index contributed by atoms with van der Waals surface area (Å²) in [5.41, 5.74) is 1.32. The average molecular weight is 290 g/mol. The minimum Gasteiger partial charge on any atom is -0.358 e. The fraction of sp³-hybridized carbons (Fsp3) is 0.706. The molecule has 1 aliphatic rings. The van der Waals surface area contributed by atoms with Gasteiger partial charge in [-0.2, -0.15) is 0 Å². The summed E-state index contributed by atoms with van der Waals surface area (Å²) in [6.07, 6.45) is 5.81. The molecule has 1 aromatic rings. The Morgan fingerprint density at radius 3 is 2.86 bits per heavy atom. The fourth-order valence-corrected chi connectivity index (χ4v) is 2.80. The van der Waals surface area contributed by atoms with Crippen molar-refractivity contribution in [3.05, 3.63) is 23.9 Å². The Kier molecular flexibility index (Phi) is 6.46. The highest BCUT2D eigenvalue weighted by atomic mass is 15.2. The fourth-order valence-electron chi connectivity index (χ4n) is 2.80. The van der Waals surface area contributed by atoms with E-state index in [0.717, 1.165) is 31.9 Å². The molecule has 2 rings (SSSR count). The standard InChI is InChI=1S/C17H30N4/c1-4-8-18-15(2)16-7-9-19-17(14-16)20(3)12-13-21-10-5-6-11-21/h7,9,14-15,18H,4-6,8,10-13H2,1-3H3. The molecule has 1 aromatic heterocycles. The van der Waals surface area contributed by atoms with Crippen LogP contribution in [-0.4, -0.2) is 49.7 Å². The van der Waals surface area contributed by atoms with Crippen molar-refractivity contribution in [1.29, 1.82) is 0 Å². The van der Waals surface area contributed by atoms with E-state index in [4.69, 9.17) is 0 Å². The van der Waals surface area contributed by atoms with Gasteiger partial charge in [0.25, 0.3) is 0 Å². The molecule has 1 atom stereocenters. The molecule has 0 radical (unpaired) electrons. The van der Waals surface area contributed by atoms with Gasteiger partial charge in [-0.3, -0.25) is 0 Å². The van der Waals surface area contributed by atoms with Gasteiger partial charge in [0.2, 0.25) is 0 Å². The topological polar surface area (TPSA) is 31.4 Å². The van der Waals surface area contributed by atoms with Crippen LogP contribution in [0, 0.1) is 0 Å². The van der Waals surface area contributed by atoms with Crippen LogP contribution >= 0.6 is 0 Å². The summed E-state index contributed by atoms with van der Waals surface area (Å²) >= 11 is 0. The molecular formula is C17H30N4. The molecule has 21 heavy (non-hydrogen) atoms. The van der Waals surface area contributed by atoms with E-state index >= 15 is 0 Å². The Bertz CT molecular complexity index is 415. The third-order valence-corrected chi connectivity index (χ3v) is 4.31. The smallest absolute Gasteiger partial charge is 0.128 e. The minimum absolute atomic E-state index is 0.388. The molecule has 0 saturated carbocycles. The Morgan fingerprint density at radius 2 is 2.14 bits per heavy atom. The van der Waals surface area contributed by atoms with Gasteiger partial charge in [-0.05, 0) is 63.5 Å². The number of likely N-dealkylation sites (tertiary alicyclic amines) is 1. The van der Waals surface area contributed by atoms with Crippen molar-refractivity contribution in [2.75, 3.05) is 44.7 Å². The quantitative estimate of drug-likeness (QED) is 0.797. The van der Waals surface area contributed by atoms with Gasteiger partial charge in [-0.15, -0.1) is 0 Å². The van der Waals surface area contributed by atoms with Crippen LogP contribution in [0.4, 0.5) is 5.82 Å². The number of hydrogen-bond donors (Lipinski definition) is 1. The molecule has 1 aliphatic heterocycles. The zero-order valence-corrected chi connectivity index (χ0v) is 13.8. The highest BCUT2D eigenvalue weighted by Crippen LogP contribution is 2.17. The Hall–Kier alpha value is -1.13. The van der Waals surface area contributed by atoms with Gasteiger partial charge in [-0.1, -0.05) is 6.92 Å². The van der Waals surface area contributed by atoms with Gasteiger partial charge in [0, 0.05) is 32.4 Å². The lowest BCUT2D eigenvalue weighted by Crippen LogP contribution is -2.31. The van der Waals surface area contributed by atoms with E-state index in [-0.39, 0.29) is 0 Å². The molecule has 118 valence electrons. The first kappa shape index (κ1) is 16.2. The third kappa shape index (κ3) is 4.97. The molecule has 1 fully saturated rings. The third-order valence-electron chi connectivity index (χ3n) is 4.31. The monoisotopic (exact) mass is 290 g/mol. The van der Waals surface area contributed by atoms with Crippen LogP contribution in [-0.2, 0) is 0 Å². The van der Waals surface area contributed by atoms with Gasteiger partial charge in [0.1, 0.15) is 5.82 Å². The lowest BCUT2D eigenvalue weighted by atomic mass is 10.1. The summed E-state index contributed by atoms with van der Waals surface area (Å²) in [5.74, 6) is 1.08. The number of aromatic nitrogens is 1. The second-order valence-electron chi connectivity index (χ2n) is 6.09. The van der Waals surface area contributed by atoms with Gasteiger partial charge >= 0.3 is 0 Å². The number of nitrogens with one attached hydrogen (secondary N) is 1. The number of nitrogens with zero attached hydrogens (tertiary/aromatic N) is 3. The summed E-state index contributed by atoms with van der Waals surface area (Å²) in [5, 5.41) is 3.54. The van der Waals surface area contributed by atoms with Gasteiger partial charge in [-0.25, -0.2) is 4.98 Å². The lowest BCUT2D eigenvalue weighted by molar-refractivity contribution is 0.346. The number of rotatable bonds is 8. The normalized spacial score (nSPS) is 17.1. The van der Waals surface area contributed by atoms with Crippen molar-refractivity contribution in [3.8, 4) is 0 Å². The van der Waals surface area contributed by atoms with E-state index in [2.05, 4.69) is 53.1 Å².